The molecule has 1 atom stereocenters. The second-order valence-corrected chi connectivity index (χ2v) is 5.97. The molecular weight excluding hydrogens is 334 g/mol. The first kappa shape index (κ1) is 17.9. The van der Waals surface area contributed by atoms with Gasteiger partial charge in [0.25, 0.3) is 5.91 Å². The highest BCUT2D eigenvalue weighted by Gasteiger charge is 2.16. The van der Waals surface area contributed by atoms with Gasteiger partial charge in [-0.3, -0.25) is 4.79 Å². The summed E-state index contributed by atoms with van der Waals surface area (Å²) in [5.74, 6) is 0.0570. The van der Waals surface area contributed by atoms with Crippen LogP contribution in [0.2, 0.25) is 0 Å². The van der Waals surface area contributed by atoms with Gasteiger partial charge < -0.3 is 20.1 Å². The van der Waals surface area contributed by atoms with E-state index in [2.05, 4.69) is 20.4 Å². The smallest absolute Gasteiger partial charge is 0.337 e. The van der Waals surface area contributed by atoms with Crippen molar-refractivity contribution >= 4 is 23.4 Å². The quantitative estimate of drug-likeness (QED) is 0.774. The first-order valence-corrected chi connectivity index (χ1v) is 8.47. The van der Waals surface area contributed by atoms with Crippen molar-refractivity contribution in [3.05, 3.63) is 53.7 Å². The lowest BCUT2D eigenvalue weighted by molar-refractivity contribution is 0.0600. The summed E-state index contributed by atoms with van der Waals surface area (Å²) < 4.78 is 10.2. The summed E-state index contributed by atoms with van der Waals surface area (Å²) in [5, 5.41) is 5.98. The fourth-order valence-corrected chi connectivity index (χ4v) is 2.67. The molecule has 1 aromatic carbocycles. The molecule has 1 fully saturated rings. The lowest BCUT2D eigenvalue weighted by atomic mass is 10.2. The summed E-state index contributed by atoms with van der Waals surface area (Å²) in [7, 11) is 1.34. The maximum atomic E-state index is 12.1. The molecule has 0 saturated carbocycles. The van der Waals surface area contributed by atoms with Crippen LogP contribution in [-0.4, -0.2) is 43.2 Å². The van der Waals surface area contributed by atoms with Crippen LogP contribution in [-0.2, 0) is 9.47 Å². The standard InChI is InChI=1S/C19H21N3O4/c1-25-19(24)13-4-7-15(8-5-13)22-17-9-6-14(11-20-17)18(23)21-12-16-3-2-10-26-16/h4-9,11,16H,2-3,10,12H2,1H3,(H,20,22)(H,21,23). The fraction of sp³-hybridized carbons (Fsp3) is 0.316. The number of methoxy groups -OCH3 is 1. The Morgan fingerprint density at radius 2 is 1.96 bits per heavy atom. The zero-order chi connectivity index (χ0) is 18.4. The van der Waals surface area contributed by atoms with E-state index in [1.807, 2.05) is 0 Å². The van der Waals surface area contributed by atoms with E-state index < -0.39 is 0 Å². The monoisotopic (exact) mass is 355 g/mol. The Morgan fingerprint density at radius 1 is 1.19 bits per heavy atom. The fourth-order valence-electron chi connectivity index (χ4n) is 2.67. The molecule has 1 saturated heterocycles. The van der Waals surface area contributed by atoms with Crippen molar-refractivity contribution < 1.29 is 19.1 Å². The molecule has 1 aromatic heterocycles. The zero-order valence-electron chi connectivity index (χ0n) is 14.5. The first-order valence-electron chi connectivity index (χ1n) is 8.47. The zero-order valence-corrected chi connectivity index (χ0v) is 14.5. The van der Waals surface area contributed by atoms with Crippen molar-refractivity contribution in [1.29, 1.82) is 0 Å². The second kappa shape index (κ2) is 8.44. The number of esters is 1. The van der Waals surface area contributed by atoms with E-state index in [1.165, 1.54) is 13.3 Å². The number of hydrogen-bond acceptors (Lipinski definition) is 6. The predicted octanol–water partition coefficient (Wildman–Crippen LogP) is 2.52. The number of amides is 1. The average Bonchev–Trinajstić information content (AvgIpc) is 3.20. The van der Waals surface area contributed by atoms with E-state index in [4.69, 9.17) is 4.74 Å². The highest BCUT2D eigenvalue weighted by Crippen LogP contribution is 2.16. The van der Waals surface area contributed by atoms with Crippen LogP contribution in [0.4, 0.5) is 11.5 Å². The molecule has 1 aliphatic rings. The number of nitrogens with one attached hydrogen (secondary N) is 2. The lowest BCUT2D eigenvalue weighted by Gasteiger charge is -2.11. The van der Waals surface area contributed by atoms with Gasteiger partial charge in [-0.1, -0.05) is 0 Å². The van der Waals surface area contributed by atoms with Crippen molar-refractivity contribution in [2.24, 2.45) is 0 Å². The third kappa shape index (κ3) is 4.58. The number of aromatic nitrogens is 1. The molecule has 7 nitrogen and oxygen atoms in total. The lowest BCUT2D eigenvalue weighted by Crippen LogP contribution is -2.31. The summed E-state index contributed by atoms with van der Waals surface area (Å²) >= 11 is 0. The van der Waals surface area contributed by atoms with Crippen molar-refractivity contribution in [2.45, 2.75) is 18.9 Å². The number of anilines is 2. The summed E-state index contributed by atoms with van der Waals surface area (Å²) in [6.45, 7) is 1.29. The third-order valence-electron chi connectivity index (χ3n) is 4.12. The van der Waals surface area contributed by atoms with Crippen molar-refractivity contribution in [1.82, 2.24) is 10.3 Å². The van der Waals surface area contributed by atoms with Gasteiger partial charge in [-0.25, -0.2) is 9.78 Å². The molecule has 1 amide bonds. The Bertz CT molecular complexity index is 753. The maximum Gasteiger partial charge on any atom is 0.337 e. The molecule has 3 rings (SSSR count). The van der Waals surface area contributed by atoms with Crippen LogP contribution in [0.25, 0.3) is 0 Å². The van der Waals surface area contributed by atoms with Gasteiger partial charge >= 0.3 is 5.97 Å². The number of benzene rings is 1. The first-order chi connectivity index (χ1) is 12.7. The van der Waals surface area contributed by atoms with Crippen LogP contribution in [0, 0.1) is 0 Å². The molecule has 0 bridgehead atoms. The molecule has 2 heterocycles. The van der Waals surface area contributed by atoms with Crippen LogP contribution < -0.4 is 10.6 Å². The van der Waals surface area contributed by atoms with Gasteiger partial charge in [0.2, 0.25) is 0 Å². The Labute approximate surface area is 151 Å². The average molecular weight is 355 g/mol. The summed E-state index contributed by atoms with van der Waals surface area (Å²) in [5.41, 5.74) is 1.75. The number of pyridine rings is 1. The Balaban J connectivity index is 1.55. The Kier molecular flexibility index (Phi) is 5.80. The second-order valence-electron chi connectivity index (χ2n) is 5.97. The van der Waals surface area contributed by atoms with Crippen LogP contribution >= 0.6 is 0 Å². The van der Waals surface area contributed by atoms with E-state index in [0.717, 1.165) is 25.1 Å². The Hall–Kier alpha value is -2.93. The Morgan fingerprint density at radius 3 is 2.58 bits per heavy atom. The third-order valence-corrected chi connectivity index (χ3v) is 4.12. The van der Waals surface area contributed by atoms with Crippen molar-refractivity contribution in [3.63, 3.8) is 0 Å². The largest absolute Gasteiger partial charge is 0.465 e. The number of carbonyl (C=O) groups excluding carboxylic acids is 2. The molecule has 7 heteroatoms. The molecule has 1 aliphatic heterocycles. The van der Waals surface area contributed by atoms with Gasteiger partial charge in [0, 0.05) is 25.0 Å². The van der Waals surface area contributed by atoms with Crippen molar-refractivity contribution in [2.75, 3.05) is 25.6 Å². The molecule has 136 valence electrons. The number of hydrogen-bond donors (Lipinski definition) is 2. The van der Waals surface area contributed by atoms with Crippen molar-refractivity contribution in [3.8, 4) is 0 Å². The molecular formula is C19H21N3O4. The molecule has 0 spiro atoms. The summed E-state index contributed by atoms with van der Waals surface area (Å²) in [6.07, 6.45) is 3.66. The van der Waals surface area contributed by atoms with E-state index in [-0.39, 0.29) is 18.0 Å². The SMILES string of the molecule is COC(=O)c1ccc(Nc2ccc(C(=O)NCC3CCCO3)cn2)cc1. The van der Waals surface area contributed by atoms with Gasteiger partial charge in [0.1, 0.15) is 5.82 Å². The molecule has 2 aromatic rings. The number of rotatable bonds is 6. The van der Waals surface area contributed by atoms with Crippen LogP contribution in [0.15, 0.2) is 42.6 Å². The highest BCUT2D eigenvalue weighted by molar-refractivity contribution is 5.94. The number of carbonyl (C=O) groups is 2. The predicted molar refractivity (Wildman–Crippen MR) is 96.6 cm³/mol. The van der Waals surface area contributed by atoms with Gasteiger partial charge in [0.05, 0.1) is 24.3 Å². The maximum absolute atomic E-state index is 12.1. The number of nitrogens with zero attached hydrogens (tertiary/aromatic N) is 1. The topological polar surface area (TPSA) is 89.5 Å². The normalized spacial score (nSPS) is 16.1. The molecule has 1 unspecified atom stereocenters. The number of ether oxygens (including phenoxy) is 2. The van der Waals surface area contributed by atoms with E-state index in [9.17, 15) is 9.59 Å². The summed E-state index contributed by atoms with van der Waals surface area (Å²) in [4.78, 5) is 27.8. The highest BCUT2D eigenvalue weighted by atomic mass is 16.5. The van der Waals surface area contributed by atoms with Gasteiger partial charge in [-0.2, -0.15) is 0 Å². The van der Waals surface area contributed by atoms with Gasteiger partial charge in [0.15, 0.2) is 0 Å². The van der Waals surface area contributed by atoms with Crippen LogP contribution in [0.1, 0.15) is 33.6 Å². The minimum absolute atomic E-state index is 0.112. The molecule has 0 radical (unpaired) electrons. The molecule has 26 heavy (non-hydrogen) atoms. The minimum atomic E-state index is -0.381. The summed E-state index contributed by atoms with van der Waals surface area (Å²) in [6, 6.07) is 10.3. The van der Waals surface area contributed by atoms with E-state index >= 15 is 0 Å². The van der Waals surface area contributed by atoms with Crippen LogP contribution in [0.5, 0.6) is 0 Å². The molecule has 0 aliphatic carbocycles. The van der Waals surface area contributed by atoms with E-state index in [1.54, 1.807) is 36.4 Å². The van der Waals surface area contributed by atoms with Crippen LogP contribution in [0.3, 0.4) is 0 Å². The molecule has 2 N–H and O–H groups in total. The minimum Gasteiger partial charge on any atom is -0.465 e. The van der Waals surface area contributed by atoms with Gasteiger partial charge in [-0.05, 0) is 49.2 Å². The van der Waals surface area contributed by atoms with E-state index in [0.29, 0.717) is 23.5 Å². The van der Waals surface area contributed by atoms with Gasteiger partial charge in [-0.15, -0.1) is 0 Å².